The minimum atomic E-state index is -2.56. The van der Waals surface area contributed by atoms with E-state index in [0.29, 0.717) is 31.9 Å². The first-order valence-corrected chi connectivity index (χ1v) is 9.77. The minimum Gasteiger partial charge on any atom is -0.394 e. The Balaban J connectivity index is 1.66. The van der Waals surface area contributed by atoms with E-state index in [1.165, 1.54) is 0 Å². The average molecular weight is 381 g/mol. The number of nitrogens with zero attached hydrogens (tertiary/aromatic N) is 2. The number of benzene rings is 1. The van der Waals surface area contributed by atoms with Gasteiger partial charge in [0.15, 0.2) is 0 Å². The lowest BCUT2D eigenvalue weighted by atomic mass is 9.88. The number of para-hydroxylation sites is 1. The highest BCUT2D eigenvalue weighted by molar-refractivity contribution is 5.89. The highest BCUT2D eigenvalue weighted by atomic mass is 19.3. The topological polar surface area (TPSA) is 55.8 Å². The molecule has 0 radical (unpaired) electrons. The van der Waals surface area contributed by atoms with Crippen LogP contribution < -0.4 is 5.32 Å². The third-order valence-corrected chi connectivity index (χ3v) is 5.99. The molecule has 150 valence electrons. The Kier molecular flexibility index (Phi) is 6.32. The van der Waals surface area contributed by atoms with Gasteiger partial charge in [0.25, 0.3) is 5.92 Å². The number of amides is 2. The van der Waals surface area contributed by atoms with Gasteiger partial charge in [-0.2, -0.15) is 0 Å². The summed E-state index contributed by atoms with van der Waals surface area (Å²) in [6, 6.07) is 8.73. The Morgan fingerprint density at radius 3 is 2.52 bits per heavy atom. The molecule has 5 nitrogen and oxygen atoms in total. The van der Waals surface area contributed by atoms with Crippen LogP contribution in [0.15, 0.2) is 30.3 Å². The molecular formula is C20H29F2N3O2. The monoisotopic (exact) mass is 381 g/mol. The van der Waals surface area contributed by atoms with E-state index in [-0.39, 0.29) is 43.4 Å². The lowest BCUT2D eigenvalue weighted by molar-refractivity contribution is -0.0591. The van der Waals surface area contributed by atoms with Crippen LogP contribution in [-0.4, -0.2) is 65.7 Å². The summed E-state index contributed by atoms with van der Waals surface area (Å²) in [5, 5.41) is 12.9. The summed E-state index contributed by atoms with van der Waals surface area (Å²) < 4.78 is 26.8. The van der Waals surface area contributed by atoms with Gasteiger partial charge in [-0.3, -0.25) is 0 Å². The van der Waals surface area contributed by atoms with E-state index in [1.54, 1.807) is 4.90 Å². The van der Waals surface area contributed by atoms with E-state index in [0.717, 1.165) is 6.42 Å². The minimum absolute atomic E-state index is 0.0910. The molecule has 0 unspecified atom stereocenters. The van der Waals surface area contributed by atoms with Gasteiger partial charge in [-0.05, 0) is 24.0 Å². The van der Waals surface area contributed by atoms with Gasteiger partial charge in [0, 0.05) is 44.7 Å². The van der Waals surface area contributed by atoms with Gasteiger partial charge in [-0.1, -0.05) is 31.5 Å². The number of urea groups is 1. The van der Waals surface area contributed by atoms with Crippen LogP contribution in [0.3, 0.4) is 0 Å². The van der Waals surface area contributed by atoms with Crippen LogP contribution in [0.1, 0.15) is 26.2 Å². The second-order valence-corrected chi connectivity index (χ2v) is 7.69. The fourth-order valence-electron chi connectivity index (χ4n) is 4.32. The van der Waals surface area contributed by atoms with E-state index >= 15 is 0 Å². The number of nitrogens with one attached hydrogen (secondary N) is 1. The molecule has 1 aromatic rings. The first-order chi connectivity index (χ1) is 12.9. The quantitative estimate of drug-likeness (QED) is 0.823. The Morgan fingerprint density at radius 1 is 1.26 bits per heavy atom. The zero-order chi connectivity index (χ0) is 19.4. The number of likely N-dealkylation sites (tertiary alicyclic amines) is 2. The Morgan fingerprint density at radius 2 is 1.93 bits per heavy atom. The molecule has 3 rings (SSSR count). The largest absolute Gasteiger partial charge is 0.394 e. The molecule has 0 saturated carbocycles. The van der Waals surface area contributed by atoms with Crippen molar-refractivity contribution in [1.29, 1.82) is 0 Å². The molecule has 2 aliphatic rings. The molecule has 2 amide bonds. The van der Waals surface area contributed by atoms with Crippen molar-refractivity contribution in [1.82, 2.24) is 9.80 Å². The van der Waals surface area contributed by atoms with Crippen molar-refractivity contribution in [3.05, 3.63) is 30.3 Å². The summed E-state index contributed by atoms with van der Waals surface area (Å²) in [4.78, 5) is 16.5. The molecule has 2 saturated heterocycles. The third kappa shape index (κ3) is 4.76. The molecule has 2 fully saturated rings. The molecule has 2 aliphatic heterocycles. The van der Waals surface area contributed by atoms with E-state index < -0.39 is 5.92 Å². The van der Waals surface area contributed by atoms with Crippen molar-refractivity contribution < 1.29 is 18.7 Å². The number of rotatable bonds is 5. The first-order valence-electron chi connectivity index (χ1n) is 9.77. The molecule has 0 bridgehead atoms. The van der Waals surface area contributed by atoms with Gasteiger partial charge in [-0.25, -0.2) is 13.6 Å². The number of carbonyl (C=O) groups excluding carboxylic acids is 1. The maximum absolute atomic E-state index is 13.4. The highest BCUT2D eigenvalue weighted by Crippen LogP contribution is 2.35. The summed E-state index contributed by atoms with van der Waals surface area (Å²) >= 11 is 0. The summed E-state index contributed by atoms with van der Waals surface area (Å²) in [5.41, 5.74) is 0.717. The standard InChI is InChI=1S/C20H29F2N3O2/c1-2-15-12-25(19(27)23-16-6-4-3-5-7-16)18(14-26)17(15)13-24-10-8-20(21,22)9-11-24/h3-7,15,17-18,26H,2,8-14H2,1H3,(H,23,27)/t15-,17-,18-/m1/s1. The number of aliphatic hydroxyl groups is 1. The summed E-state index contributed by atoms with van der Waals surface area (Å²) in [6.07, 6.45) is 0.664. The number of alkyl halides is 2. The molecule has 2 heterocycles. The van der Waals surface area contributed by atoms with Gasteiger partial charge < -0.3 is 20.2 Å². The van der Waals surface area contributed by atoms with Crippen LogP contribution >= 0.6 is 0 Å². The van der Waals surface area contributed by atoms with Gasteiger partial charge in [0.05, 0.1) is 12.6 Å². The van der Waals surface area contributed by atoms with Crippen LogP contribution in [-0.2, 0) is 0 Å². The molecule has 7 heteroatoms. The summed E-state index contributed by atoms with van der Waals surface area (Å²) in [7, 11) is 0. The number of carbonyl (C=O) groups is 1. The number of anilines is 1. The smallest absolute Gasteiger partial charge is 0.322 e. The Bertz CT molecular complexity index is 619. The summed E-state index contributed by atoms with van der Waals surface area (Å²) in [5.74, 6) is -2.21. The van der Waals surface area contributed by atoms with Crippen LogP contribution in [0.4, 0.5) is 19.3 Å². The van der Waals surface area contributed by atoms with Crippen LogP contribution in [0, 0.1) is 11.8 Å². The molecule has 0 aromatic heterocycles. The molecule has 0 aliphatic carbocycles. The van der Waals surface area contributed by atoms with E-state index in [2.05, 4.69) is 17.1 Å². The lowest BCUT2D eigenvalue weighted by Crippen LogP contribution is -2.47. The lowest BCUT2D eigenvalue weighted by Gasteiger charge is -2.36. The van der Waals surface area contributed by atoms with Gasteiger partial charge in [-0.15, -0.1) is 0 Å². The highest BCUT2D eigenvalue weighted by Gasteiger charge is 2.44. The van der Waals surface area contributed by atoms with Crippen LogP contribution in [0.5, 0.6) is 0 Å². The molecular weight excluding hydrogens is 352 g/mol. The normalized spacial score (nSPS) is 28.3. The zero-order valence-corrected chi connectivity index (χ0v) is 15.8. The fraction of sp³-hybridized carbons (Fsp3) is 0.650. The number of halogens is 2. The van der Waals surface area contributed by atoms with E-state index in [4.69, 9.17) is 0 Å². The second-order valence-electron chi connectivity index (χ2n) is 7.69. The SMILES string of the molecule is CC[C@@H]1CN(C(=O)Nc2ccccc2)[C@H](CO)[C@@H]1CN1CCC(F)(F)CC1. The van der Waals surface area contributed by atoms with Crippen molar-refractivity contribution in [3.63, 3.8) is 0 Å². The van der Waals surface area contributed by atoms with Gasteiger partial charge >= 0.3 is 6.03 Å². The predicted octanol–water partition coefficient (Wildman–Crippen LogP) is 3.27. The van der Waals surface area contributed by atoms with E-state index in [1.807, 2.05) is 30.3 Å². The number of aliphatic hydroxyl groups excluding tert-OH is 1. The average Bonchev–Trinajstić information content (AvgIpc) is 3.01. The maximum Gasteiger partial charge on any atom is 0.322 e. The number of hydrogen-bond donors (Lipinski definition) is 2. The van der Waals surface area contributed by atoms with E-state index in [9.17, 15) is 18.7 Å². The number of piperidine rings is 1. The van der Waals surface area contributed by atoms with Crippen LogP contribution in [0.25, 0.3) is 0 Å². The number of hydrogen-bond acceptors (Lipinski definition) is 3. The zero-order valence-electron chi connectivity index (χ0n) is 15.8. The van der Waals surface area contributed by atoms with Crippen molar-refractivity contribution in [2.24, 2.45) is 11.8 Å². The van der Waals surface area contributed by atoms with Crippen LogP contribution in [0.2, 0.25) is 0 Å². The first kappa shape index (κ1) is 20.0. The van der Waals surface area contributed by atoms with Crippen molar-refractivity contribution >= 4 is 11.7 Å². The predicted molar refractivity (Wildman–Crippen MR) is 101 cm³/mol. The van der Waals surface area contributed by atoms with Crippen molar-refractivity contribution in [2.45, 2.75) is 38.2 Å². The second kappa shape index (κ2) is 8.52. The Hall–Kier alpha value is -1.73. The molecule has 27 heavy (non-hydrogen) atoms. The maximum atomic E-state index is 13.4. The van der Waals surface area contributed by atoms with Gasteiger partial charge in [0.2, 0.25) is 0 Å². The molecule has 3 atom stereocenters. The van der Waals surface area contributed by atoms with Gasteiger partial charge in [0.1, 0.15) is 0 Å². The molecule has 1 aromatic carbocycles. The molecule has 2 N–H and O–H groups in total. The summed E-state index contributed by atoms with van der Waals surface area (Å²) in [6.45, 7) is 3.93. The Labute approximate surface area is 159 Å². The molecule has 0 spiro atoms. The van der Waals surface area contributed by atoms with Crippen molar-refractivity contribution in [3.8, 4) is 0 Å². The fourth-order valence-corrected chi connectivity index (χ4v) is 4.32. The third-order valence-electron chi connectivity index (χ3n) is 5.99. The van der Waals surface area contributed by atoms with Crippen molar-refractivity contribution in [2.75, 3.05) is 38.1 Å².